The van der Waals surface area contributed by atoms with E-state index in [9.17, 15) is 9.59 Å². The van der Waals surface area contributed by atoms with Crippen LogP contribution < -0.4 is 10.6 Å². The van der Waals surface area contributed by atoms with E-state index >= 15 is 0 Å². The van der Waals surface area contributed by atoms with Crippen LogP contribution in [0.25, 0.3) is 0 Å². The smallest absolute Gasteiger partial charge is 0.326 e. The van der Waals surface area contributed by atoms with Gasteiger partial charge in [-0.15, -0.1) is 0 Å². The Hall–Kier alpha value is -1.30. The fourth-order valence-corrected chi connectivity index (χ4v) is 2.05. The Balaban J connectivity index is 2.23. The number of carbonyl (C=O) groups is 2. The molecule has 0 bridgehead atoms. The van der Waals surface area contributed by atoms with Gasteiger partial charge < -0.3 is 20.8 Å². The number of aliphatic hydroxyl groups excluding tert-OH is 1. The van der Waals surface area contributed by atoms with Crippen LogP contribution in [0.1, 0.15) is 32.1 Å². The van der Waals surface area contributed by atoms with Crippen molar-refractivity contribution in [2.24, 2.45) is 5.92 Å². The van der Waals surface area contributed by atoms with Crippen LogP contribution in [0.15, 0.2) is 0 Å². The Kier molecular flexibility index (Phi) is 5.76. The molecule has 1 rings (SSSR count). The Morgan fingerprint density at radius 2 is 1.94 bits per heavy atom. The lowest BCUT2D eigenvalue weighted by Crippen LogP contribution is -2.47. The molecular formula is C11H20N2O4. The second-order valence-corrected chi connectivity index (χ2v) is 4.41. The van der Waals surface area contributed by atoms with Crippen LogP contribution in [0.3, 0.4) is 0 Å². The van der Waals surface area contributed by atoms with Crippen molar-refractivity contribution in [1.29, 1.82) is 0 Å². The summed E-state index contributed by atoms with van der Waals surface area (Å²) < 4.78 is 0. The van der Waals surface area contributed by atoms with Crippen molar-refractivity contribution >= 4 is 12.0 Å². The highest BCUT2D eigenvalue weighted by Gasteiger charge is 2.20. The summed E-state index contributed by atoms with van der Waals surface area (Å²) in [6.07, 6.45) is 4.68. The standard InChI is InChI=1S/C11H20N2O4/c14-6-5-9(10(15)16)13-11(17)12-7-8-3-1-2-4-8/h8-9,14H,1-7H2,(H,15,16)(H2,12,13,17)/t9-/m0/s1. The van der Waals surface area contributed by atoms with Crippen molar-refractivity contribution in [2.45, 2.75) is 38.1 Å². The summed E-state index contributed by atoms with van der Waals surface area (Å²) in [5, 5.41) is 22.5. The third-order valence-corrected chi connectivity index (χ3v) is 3.05. The summed E-state index contributed by atoms with van der Waals surface area (Å²) >= 11 is 0. The van der Waals surface area contributed by atoms with Crippen molar-refractivity contribution in [3.05, 3.63) is 0 Å². The van der Waals surface area contributed by atoms with Crippen molar-refractivity contribution in [3.63, 3.8) is 0 Å². The molecule has 0 aromatic carbocycles. The molecule has 0 heterocycles. The van der Waals surface area contributed by atoms with E-state index in [1.165, 1.54) is 12.8 Å². The minimum atomic E-state index is -1.13. The molecule has 2 amide bonds. The van der Waals surface area contributed by atoms with Crippen LogP contribution in [0.2, 0.25) is 0 Å². The van der Waals surface area contributed by atoms with Gasteiger partial charge in [0.05, 0.1) is 0 Å². The van der Waals surface area contributed by atoms with Crippen LogP contribution >= 0.6 is 0 Å². The lowest BCUT2D eigenvalue weighted by Gasteiger charge is -2.15. The summed E-state index contributed by atoms with van der Waals surface area (Å²) in [6, 6.07) is -1.50. The first-order valence-electron chi connectivity index (χ1n) is 6.01. The maximum absolute atomic E-state index is 11.4. The quantitative estimate of drug-likeness (QED) is 0.540. The van der Waals surface area contributed by atoms with E-state index in [-0.39, 0.29) is 13.0 Å². The zero-order chi connectivity index (χ0) is 12.7. The first-order valence-corrected chi connectivity index (χ1v) is 6.01. The molecule has 0 aromatic rings. The van der Waals surface area contributed by atoms with E-state index in [1.54, 1.807) is 0 Å². The topological polar surface area (TPSA) is 98.7 Å². The summed E-state index contributed by atoms with van der Waals surface area (Å²) in [6.45, 7) is 0.331. The van der Waals surface area contributed by atoms with Crippen molar-refractivity contribution in [3.8, 4) is 0 Å². The third kappa shape index (κ3) is 5.04. The number of nitrogens with one attached hydrogen (secondary N) is 2. The van der Waals surface area contributed by atoms with E-state index < -0.39 is 18.0 Å². The Morgan fingerprint density at radius 3 is 2.47 bits per heavy atom. The predicted molar refractivity (Wildman–Crippen MR) is 61.6 cm³/mol. The Bertz CT molecular complexity index is 264. The van der Waals surface area contributed by atoms with Crippen molar-refractivity contribution < 1.29 is 19.8 Å². The Labute approximate surface area is 100 Å². The van der Waals surface area contributed by atoms with Gasteiger partial charge in [-0.1, -0.05) is 12.8 Å². The van der Waals surface area contributed by atoms with Gasteiger partial charge in [0.15, 0.2) is 0 Å². The molecule has 17 heavy (non-hydrogen) atoms. The zero-order valence-corrected chi connectivity index (χ0v) is 9.82. The van der Waals surface area contributed by atoms with E-state index in [0.29, 0.717) is 12.5 Å². The van der Waals surface area contributed by atoms with Gasteiger partial charge in [-0.25, -0.2) is 9.59 Å². The summed E-state index contributed by atoms with van der Waals surface area (Å²) in [5.74, 6) is -0.614. The van der Waals surface area contributed by atoms with Gasteiger partial charge in [0, 0.05) is 19.6 Å². The summed E-state index contributed by atoms with van der Waals surface area (Å²) in [4.78, 5) is 22.2. The number of urea groups is 1. The van der Waals surface area contributed by atoms with Crippen LogP contribution in [-0.2, 0) is 4.79 Å². The molecule has 6 heteroatoms. The molecule has 1 saturated carbocycles. The second-order valence-electron chi connectivity index (χ2n) is 4.41. The highest BCUT2D eigenvalue weighted by molar-refractivity contribution is 5.82. The SMILES string of the molecule is O=C(NCC1CCCC1)N[C@@H](CCO)C(=O)O. The fraction of sp³-hybridized carbons (Fsp3) is 0.818. The highest BCUT2D eigenvalue weighted by Crippen LogP contribution is 2.23. The molecule has 0 radical (unpaired) electrons. The number of aliphatic hydroxyl groups is 1. The Morgan fingerprint density at radius 1 is 1.29 bits per heavy atom. The van der Waals surface area contributed by atoms with Crippen LogP contribution in [-0.4, -0.2) is 41.4 Å². The van der Waals surface area contributed by atoms with E-state index in [4.69, 9.17) is 10.2 Å². The number of carboxylic acid groups (broad SMARTS) is 1. The van der Waals surface area contributed by atoms with Gasteiger partial charge in [-0.05, 0) is 18.8 Å². The van der Waals surface area contributed by atoms with Crippen molar-refractivity contribution in [2.75, 3.05) is 13.2 Å². The number of carbonyl (C=O) groups excluding carboxylic acids is 1. The van der Waals surface area contributed by atoms with Gasteiger partial charge in [-0.2, -0.15) is 0 Å². The first kappa shape index (κ1) is 13.8. The fourth-order valence-electron chi connectivity index (χ4n) is 2.05. The number of carboxylic acids is 1. The maximum atomic E-state index is 11.4. The molecular weight excluding hydrogens is 224 g/mol. The highest BCUT2D eigenvalue weighted by atomic mass is 16.4. The summed E-state index contributed by atoms with van der Waals surface area (Å²) in [5.41, 5.74) is 0. The van der Waals surface area contributed by atoms with Gasteiger partial charge >= 0.3 is 12.0 Å². The maximum Gasteiger partial charge on any atom is 0.326 e. The molecule has 6 nitrogen and oxygen atoms in total. The van der Waals surface area contributed by atoms with Gasteiger partial charge in [-0.3, -0.25) is 0 Å². The number of hydrogen-bond acceptors (Lipinski definition) is 3. The normalized spacial score (nSPS) is 17.7. The molecule has 98 valence electrons. The number of hydrogen-bond donors (Lipinski definition) is 4. The molecule has 0 spiro atoms. The minimum Gasteiger partial charge on any atom is -0.480 e. The second kappa shape index (κ2) is 7.11. The molecule has 0 unspecified atom stereocenters. The number of amides is 2. The molecule has 1 fully saturated rings. The molecule has 4 N–H and O–H groups in total. The minimum absolute atomic E-state index is 0.0200. The van der Waals surface area contributed by atoms with Crippen LogP contribution in [0, 0.1) is 5.92 Å². The molecule has 1 aliphatic rings. The van der Waals surface area contributed by atoms with Crippen LogP contribution in [0.4, 0.5) is 4.79 Å². The van der Waals surface area contributed by atoms with E-state index in [1.807, 2.05) is 0 Å². The largest absolute Gasteiger partial charge is 0.480 e. The van der Waals surface area contributed by atoms with Gasteiger partial charge in [0.1, 0.15) is 6.04 Å². The summed E-state index contributed by atoms with van der Waals surface area (Å²) in [7, 11) is 0. The van der Waals surface area contributed by atoms with E-state index in [0.717, 1.165) is 12.8 Å². The van der Waals surface area contributed by atoms with Crippen LogP contribution in [0.5, 0.6) is 0 Å². The molecule has 0 aromatic heterocycles. The third-order valence-electron chi connectivity index (χ3n) is 3.05. The van der Waals surface area contributed by atoms with Crippen molar-refractivity contribution in [1.82, 2.24) is 10.6 Å². The monoisotopic (exact) mass is 244 g/mol. The van der Waals surface area contributed by atoms with Gasteiger partial charge in [0.2, 0.25) is 0 Å². The molecule has 0 saturated heterocycles. The molecule has 1 aliphatic carbocycles. The average Bonchev–Trinajstić information content (AvgIpc) is 2.78. The molecule has 1 atom stereocenters. The lowest BCUT2D eigenvalue weighted by atomic mass is 10.1. The predicted octanol–water partition coefficient (Wildman–Crippen LogP) is 0.311. The lowest BCUT2D eigenvalue weighted by molar-refractivity contribution is -0.139. The zero-order valence-electron chi connectivity index (χ0n) is 9.82. The number of rotatable bonds is 6. The first-order chi connectivity index (χ1) is 8.13. The van der Waals surface area contributed by atoms with Gasteiger partial charge in [0.25, 0.3) is 0 Å². The average molecular weight is 244 g/mol. The number of aliphatic carboxylic acids is 1. The molecule has 0 aliphatic heterocycles. The van der Waals surface area contributed by atoms with E-state index in [2.05, 4.69) is 10.6 Å².